The molecular formula is C22H26N2O5. The first-order valence-electron chi connectivity index (χ1n) is 10.5. The van der Waals surface area contributed by atoms with Crippen molar-refractivity contribution >= 4 is 5.91 Å². The Labute approximate surface area is 169 Å². The molecule has 2 aromatic rings. The number of carbonyl (C=O) groups is 1. The van der Waals surface area contributed by atoms with E-state index < -0.39 is 0 Å². The van der Waals surface area contributed by atoms with E-state index in [9.17, 15) is 4.79 Å². The summed E-state index contributed by atoms with van der Waals surface area (Å²) in [6.07, 6.45) is 9.22. The highest BCUT2D eigenvalue weighted by atomic mass is 16.7. The number of hydrogen-bond acceptors (Lipinski definition) is 6. The van der Waals surface area contributed by atoms with Crippen LogP contribution >= 0.6 is 0 Å². The predicted molar refractivity (Wildman–Crippen MR) is 104 cm³/mol. The van der Waals surface area contributed by atoms with Gasteiger partial charge in [0.1, 0.15) is 12.0 Å². The second-order valence-electron chi connectivity index (χ2n) is 8.13. The fourth-order valence-corrected chi connectivity index (χ4v) is 4.71. The molecule has 5 rings (SSSR count). The molecule has 1 atom stereocenters. The Morgan fingerprint density at radius 1 is 1.10 bits per heavy atom. The van der Waals surface area contributed by atoms with E-state index in [0.717, 1.165) is 25.4 Å². The summed E-state index contributed by atoms with van der Waals surface area (Å²) in [5.74, 6) is 3.76. The molecule has 2 aliphatic heterocycles. The smallest absolute Gasteiger partial charge is 0.275 e. The van der Waals surface area contributed by atoms with E-state index in [4.69, 9.17) is 18.6 Å². The van der Waals surface area contributed by atoms with Gasteiger partial charge >= 0.3 is 0 Å². The Morgan fingerprint density at radius 3 is 2.86 bits per heavy atom. The van der Waals surface area contributed by atoms with Gasteiger partial charge in [0.15, 0.2) is 23.8 Å². The molecule has 3 heterocycles. The maximum atomic E-state index is 12.8. The third-order valence-electron chi connectivity index (χ3n) is 6.31. The van der Waals surface area contributed by atoms with Crippen LogP contribution in [0.3, 0.4) is 0 Å². The van der Waals surface area contributed by atoms with Crippen LogP contribution in [0.1, 0.15) is 54.9 Å². The number of benzene rings is 1. The van der Waals surface area contributed by atoms with E-state index in [0.29, 0.717) is 34.8 Å². The first-order chi connectivity index (χ1) is 14.3. The van der Waals surface area contributed by atoms with Crippen molar-refractivity contribution in [2.75, 3.05) is 19.9 Å². The molecule has 1 aliphatic carbocycles. The summed E-state index contributed by atoms with van der Waals surface area (Å²) in [7, 11) is 0. The van der Waals surface area contributed by atoms with Crippen molar-refractivity contribution in [3.8, 4) is 17.2 Å². The summed E-state index contributed by atoms with van der Waals surface area (Å²) >= 11 is 0. The molecular weight excluding hydrogens is 372 g/mol. The highest BCUT2D eigenvalue weighted by Gasteiger charge is 2.33. The van der Waals surface area contributed by atoms with Gasteiger partial charge in [-0.05, 0) is 30.4 Å². The summed E-state index contributed by atoms with van der Waals surface area (Å²) in [5, 5.41) is 0. The van der Waals surface area contributed by atoms with Gasteiger partial charge in [-0.3, -0.25) is 4.79 Å². The van der Waals surface area contributed by atoms with Crippen molar-refractivity contribution in [1.82, 2.24) is 9.88 Å². The zero-order valence-electron chi connectivity index (χ0n) is 16.5. The Morgan fingerprint density at radius 2 is 1.97 bits per heavy atom. The molecule has 0 spiro atoms. The number of likely N-dealkylation sites (tertiary alicyclic amines) is 1. The summed E-state index contributed by atoms with van der Waals surface area (Å²) in [6, 6.07) is 5.38. The molecule has 1 aromatic carbocycles. The van der Waals surface area contributed by atoms with Gasteiger partial charge in [-0.2, -0.15) is 0 Å². The van der Waals surface area contributed by atoms with Gasteiger partial charge in [0.25, 0.3) is 5.91 Å². The average molecular weight is 398 g/mol. The largest absolute Gasteiger partial charge is 0.484 e. The van der Waals surface area contributed by atoms with Crippen molar-refractivity contribution < 1.29 is 23.4 Å². The van der Waals surface area contributed by atoms with Crippen LogP contribution in [-0.2, 0) is 6.61 Å². The summed E-state index contributed by atoms with van der Waals surface area (Å²) in [5.41, 5.74) is 0.360. The van der Waals surface area contributed by atoms with Crippen LogP contribution in [0, 0.1) is 11.8 Å². The van der Waals surface area contributed by atoms with Crippen LogP contribution in [0.5, 0.6) is 17.2 Å². The van der Waals surface area contributed by atoms with Gasteiger partial charge in [0.2, 0.25) is 12.7 Å². The first-order valence-corrected chi connectivity index (χ1v) is 10.5. The number of fused-ring (bicyclic) bond motifs is 1. The molecule has 1 aromatic heterocycles. The van der Waals surface area contributed by atoms with Gasteiger partial charge in [-0.1, -0.05) is 32.1 Å². The Balaban J connectivity index is 1.16. The van der Waals surface area contributed by atoms with Crippen molar-refractivity contribution in [1.29, 1.82) is 0 Å². The maximum absolute atomic E-state index is 12.8. The van der Waals surface area contributed by atoms with Gasteiger partial charge in [0.05, 0.1) is 0 Å². The third-order valence-corrected chi connectivity index (χ3v) is 6.31. The summed E-state index contributed by atoms with van der Waals surface area (Å²) < 4.78 is 21.8. The number of nitrogens with zero attached hydrogens (tertiary/aromatic N) is 2. The quantitative estimate of drug-likeness (QED) is 0.757. The number of hydrogen-bond donors (Lipinski definition) is 0. The zero-order valence-corrected chi connectivity index (χ0v) is 16.5. The van der Waals surface area contributed by atoms with E-state index in [1.165, 1.54) is 38.4 Å². The number of carbonyl (C=O) groups excluding carboxylic acids is 1. The van der Waals surface area contributed by atoms with Crippen LogP contribution in [0.15, 0.2) is 28.9 Å². The van der Waals surface area contributed by atoms with Crippen molar-refractivity contribution in [2.24, 2.45) is 11.8 Å². The molecule has 7 heteroatoms. The third kappa shape index (κ3) is 3.91. The first kappa shape index (κ1) is 18.3. The van der Waals surface area contributed by atoms with E-state index in [-0.39, 0.29) is 19.3 Å². The van der Waals surface area contributed by atoms with Crippen molar-refractivity contribution in [2.45, 2.75) is 45.1 Å². The number of aromatic nitrogens is 1. The fraction of sp³-hybridized carbons (Fsp3) is 0.545. The number of rotatable bonds is 5. The van der Waals surface area contributed by atoms with Gasteiger partial charge in [-0.25, -0.2) is 4.98 Å². The lowest BCUT2D eigenvalue weighted by Crippen LogP contribution is -2.30. The molecule has 29 heavy (non-hydrogen) atoms. The topological polar surface area (TPSA) is 74.0 Å². The van der Waals surface area contributed by atoms with E-state index in [2.05, 4.69) is 4.98 Å². The molecule has 3 aliphatic rings. The number of oxazole rings is 1. The maximum Gasteiger partial charge on any atom is 0.275 e. The minimum absolute atomic E-state index is 0.0404. The minimum Gasteiger partial charge on any atom is -0.484 e. The lowest BCUT2D eigenvalue weighted by atomic mass is 9.80. The predicted octanol–water partition coefficient (Wildman–Crippen LogP) is 4.02. The van der Waals surface area contributed by atoms with E-state index >= 15 is 0 Å². The second-order valence-corrected chi connectivity index (χ2v) is 8.13. The van der Waals surface area contributed by atoms with Crippen LogP contribution in [0.2, 0.25) is 0 Å². The van der Waals surface area contributed by atoms with Crippen LogP contribution in [0.4, 0.5) is 0 Å². The van der Waals surface area contributed by atoms with Crippen LogP contribution < -0.4 is 14.2 Å². The number of amides is 1. The van der Waals surface area contributed by atoms with E-state index in [1.54, 1.807) is 18.2 Å². The minimum atomic E-state index is -0.0404. The average Bonchev–Trinajstić information content (AvgIpc) is 3.52. The molecule has 1 unspecified atom stereocenters. The summed E-state index contributed by atoms with van der Waals surface area (Å²) in [4.78, 5) is 19.1. The Bertz CT molecular complexity index is 874. The zero-order chi connectivity index (χ0) is 19.6. The summed E-state index contributed by atoms with van der Waals surface area (Å²) in [6.45, 7) is 2.04. The molecule has 0 N–H and O–H groups in total. The lowest BCUT2D eigenvalue weighted by molar-refractivity contribution is 0.0773. The fourth-order valence-electron chi connectivity index (χ4n) is 4.71. The molecule has 1 saturated heterocycles. The van der Waals surface area contributed by atoms with Gasteiger partial charge in [-0.15, -0.1) is 0 Å². The molecule has 7 nitrogen and oxygen atoms in total. The normalized spacial score (nSPS) is 21.5. The second kappa shape index (κ2) is 7.97. The molecule has 0 bridgehead atoms. The molecule has 1 amide bonds. The van der Waals surface area contributed by atoms with Crippen LogP contribution in [-0.4, -0.2) is 35.7 Å². The molecule has 1 saturated carbocycles. The molecule has 154 valence electrons. The molecule has 2 fully saturated rings. The Kier molecular flexibility index (Phi) is 5.04. The van der Waals surface area contributed by atoms with Crippen molar-refractivity contribution in [3.63, 3.8) is 0 Å². The number of ether oxygens (including phenoxy) is 3. The lowest BCUT2D eigenvalue weighted by Gasteiger charge is -2.27. The monoisotopic (exact) mass is 398 g/mol. The SMILES string of the molecule is O=C(c1coc(COc2ccc3c(c2)OCO3)n1)N1CCC(C2CCCCC2)C1. The van der Waals surface area contributed by atoms with E-state index in [1.807, 2.05) is 4.90 Å². The standard InChI is InChI=1S/C22H26N2O5/c25-22(24-9-8-16(11-24)15-4-2-1-3-5-15)18-12-27-21(23-18)13-26-17-6-7-19-20(10-17)29-14-28-19/h6-7,10,12,15-16H,1-5,8-9,11,13-14H2. The highest BCUT2D eigenvalue weighted by molar-refractivity contribution is 5.92. The van der Waals surface area contributed by atoms with Gasteiger partial charge in [0, 0.05) is 19.2 Å². The Hall–Kier alpha value is -2.70. The highest BCUT2D eigenvalue weighted by Crippen LogP contribution is 2.36. The van der Waals surface area contributed by atoms with Gasteiger partial charge < -0.3 is 23.5 Å². The van der Waals surface area contributed by atoms with Crippen molar-refractivity contribution in [3.05, 3.63) is 36.0 Å². The van der Waals surface area contributed by atoms with Crippen LogP contribution in [0.25, 0.3) is 0 Å². The molecule has 0 radical (unpaired) electrons.